The third-order valence-electron chi connectivity index (χ3n) is 2.30. The molecule has 0 aliphatic heterocycles. The first-order valence-corrected chi connectivity index (χ1v) is 5.43. The molecule has 2 aromatic rings. The summed E-state index contributed by atoms with van der Waals surface area (Å²) in [5.74, 6) is -0.0789. The Morgan fingerprint density at radius 3 is 2.76 bits per heavy atom. The molecule has 0 amide bonds. The molecule has 5 nitrogen and oxygen atoms in total. The van der Waals surface area contributed by atoms with Gasteiger partial charge in [-0.05, 0) is 28.9 Å². The molecular weight excluding hydrogens is 293 g/mol. The predicted octanol–water partition coefficient (Wildman–Crippen LogP) is 2.99. The van der Waals surface area contributed by atoms with Gasteiger partial charge in [-0.15, -0.1) is 0 Å². The van der Waals surface area contributed by atoms with Gasteiger partial charge in [0.25, 0.3) is 5.69 Å². The van der Waals surface area contributed by atoms with Gasteiger partial charge in [0.1, 0.15) is 17.3 Å². The molecule has 0 radical (unpaired) electrons. The van der Waals surface area contributed by atoms with Crippen molar-refractivity contribution in [2.45, 2.75) is 6.92 Å². The summed E-state index contributed by atoms with van der Waals surface area (Å²) in [7, 11) is 0. The lowest BCUT2D eigenvalue weighted by Gasteiger charge is -2.07. The van der Waals surface area contributed by atoms with Gasteiger partial charge in [0.05, 0.1) is 15.5 Å². The Morgan fingerprint density at radius 1 is 1.53 bits per heavy atom. The van der Waals surface area contributed by atoms with E-state index in [1.54, 1.807) is 13.1 Å². The van der Waals surface area contributed by atoms with E-state index in [0.29, 0.717) is 5.82 Å². The van der Waals surface area contributed by atoms with E-state index in [1.165, 1.54) is 16.8 Å². The van der Waals surface area contributed by atoms with Crippen LogP contribution in [0.15, 0.2) is 29.0 Å². The Kier molecular flexibility index (Phi) is 2.93. The highest BCUT2D eigenvalue weighted by molar-refractivity contribution is 9.10. The zero-order chi connectivity index (χ0) is 12.6. The fourth-order valence-corrected chi connectivity index (χ4v) is 1.83. The highest BCUT2D eigenvalue weighted by Gasteiger charge is 2.19. The molecule has 1 aromatic heterocycles. The lowest BCUT2D eigenvalue weighted by Crippen LogP contribution is -2.02. The molecule has 2 rings (SSSR count). The Morgan fingerprint density at radius 2 is 2.24 bits per heavy atom. The second-order valence-corrected chi connectivity index (χ2v) is 4.21. The third-order valence-corrected chi connectivity index (χ3v) is 2.91. The molecule has 88 valence electrons. The maximum Gasteiger partial charge on any atom is 0.296 e. The van der Waals surface area contributed by atoms with Crippen molar-refractivity contribution >= 4 is 21.6 Å². The molecule has 1 aromatic carbocycles. The Labute approximate surface area is 104 Å². The molecule has 0 atom stereocenters. The maximum absolute atomic E-state index is 13.3. The molecule has 17 heavy (non-hydrogen) atoms. The first-order chi connectivity index (χ1) is 8.00. The highest BCUT2D eigenvalue weighted by atomic mass is 79.9. The predicted molar refractivity (Wildman–Crippen MR) is 62.6 cm³/mol. The van der Waals surface area contributed by atoms with Gasteiger partial charge in [-0.3, -0.25) is 14.7 Å². The molecule has 0 aliphatic carbocycles. The van der Waals surface area contributed by atoms with Crippen LogP contribution < -0.4 is 0 Å². The van der Waals surface area contributed by atoms with Gasteiger partial charge in [-0.2, -0.15) is 0 Å². The van der Waals surface area contributed by atoms with Crippen molar-refractivity contribution in [1.82, 2.24) is 9.55 Å². The van der Waals surface area contributed by atoms with Gasteiger partial charge >= 0.3 is 0 Å². The van der Waals surface area contributed by atoms with E-state index in [1.807, 2.05) is 0 Å². The number of nitro benzene ring substituents is 1. The van der Waals surface area contributed by atoms with Crippen LogP contribution in [0.2, 0.25) is 0 Å². The van der Waals surface area contributed by atoms with Crippen LogP contribution in [0.5, 0.6) is 0 Å². The molecule has 0 fully saturated rings. The summed E-state index contributed by atoms with van der Waals surface area (Å²) in [5, 5.41) is 10.9. The van der Waals surface area contributed by atoms with Crippen molar-refractivity contribution in [3.8, 4) is 5.69 Å². The maximum atomic E-state index is 13.3. The van der Waals surface area contributed by atoms with E-state index in [0.717, 1.165) is 6.07 Å². The summed E-state index contributed by atoms with van der Waals surface area (Å²) >= 11 is 3.01. The molecule has 1 heterocycles. The lowest BCUT2D eigenvalue weighted by molar-refractivity contribution is -0.384. The fourth-order valence-electron chi connectivity index (χ4n) is 1.50. The molecule has 7 heteroatoms. The van der Waals surface area contributed by atoms with E-state index in [4.69, 9.17) is 0 Å². The average molecular weight is 300 g/mol. The van der Waals surface area contributed by atoms with Gasteiger partial charge < -0.3 is 0 Å². The zero-order valence-corrected chi connectivity index (χ0v) is 10.3. The number of rotatable bonds is 2. The van der Waals surface area contributed by atoms with Crippen LogP contribution in [0.4, 0.5) is 10.1 Å². The van der Waals surface area contributed by atoms with E-state index < -0.39 is 10.7 Å². The number of halogens is 2. The van der Waals surface area contributed by atoms with Gasteiger partial charge in [0, 0.05) is 12.4 Å². The number of nitro groups is 1. The summed E-state index contributed by atoms with van der Waals surface area (Å²) in [5.41, 5.74) is -0.0231. The number of aromatic nitrogens is 2. The van der Waals surface area contributed by atoms with Crippen molar-refractivity contribution in [2.24, 2.45) is 0 Å². The van der Waals surface area contributed by atoms with E-state index in [9.17, 15) is 14.5 Å². The average Bonchev–Trinajstić information content (AvgIpc) is 2.67. The number of imidazole rings is 1. The van der Waals surface area contributed by atoms with Crippen molar-refractivity contribution in [3.05, 3.63) is 50.8 Å². The van der Waals surface area contributed by atoms with E-state index in [2.05, 4.69) is 20.9 Å². The summed E-state index contributed by atoms with van der Waals surface area (Å²) in [6.45, 7) is 1.71. The minimum absolute atomic E-state index is 0.172. The normalized spacial score (nSPS) is 10.5. The summed E-state index contributed by atoms with van der Waals surface area (Å²) in [6.07, 6.45) is 3.11. The van der Waals surface area contributed by atoms with Gasteiger partial charge in [0.15, 0.2) is 0 Å². The minimum atomic E-state index is -0.668. The van der Waals surface area contributed by atoms with Crippen LogP contribution in [0.1, 0.15) is 5.82 Å². The van der Waals surface area contributed by atoms with Crippen molar-refractivity contribution in [2.75, 3.05) is 0 Å². The first-order valence-electron chi connectivity index (χ1n) is 4.64. The Bertz CT molecular complexity index is 597. The third kappa shape index (κ3) is 2.05. The van der Waals surface area contributed by atoms with Crippen LogP contribution in [0.3, 0.4) is 0 Å². The standard InChI is InChI=1S/C10H7BrFN3O2/c1-6-13-2-3-14(6)9-4-7(11)8(12)5-10(9)15(16)17/h2-5H,1H3. The Balaban J connectivity index is 2.72. The van der Waals surface area contributed by atoms with Crippen LogP contribution in [-0.4, -0.2) is 14.5 Å². The molecule has 0 spiro atoms. The van der Waals surface area contributed by atoms with Crippen molar-refractivity contribution in [3.63, 3.8) is 0 Å². The number of hydrogen-bond acceptors (Lipinski definition) is 3. The quantitative estimate of drug-likeness (QED) is 0.632. The lowest BCUT2D eigenvalue weighted by atomic mass is 10.2. The zero-order valence-electron chi connectivity index (χ0n) is 8.72. The topological polar surface area (TPSA) is 61.0 Å². The number of benzene rings is 1. The number of hydrogen-bond donors (Lipinski definition) is 0. The smallest absolute Gasteiger partial charge is 0.296 e. The summed E-state index contributed by atoms with van der Waals surface area (Å²) in [4.78, 5) is 14.2. The highest BCUT2D eigenvalue weighted by Crippen LogP contribution is 2.29. The molecule has 0 unspecified atom stereocenters. The SMILES string of the molecule is Cc1nccn1-c1cc(Br)c(F)cc1[N+](=O)[O-]. The minimum Gasteiger partial charge on any atom is -0.298 e. The van der Waals surface area contributed by atoms with Crippen LogP contribution in [-0.2, 0) is 0 Å². The van der Waals surface area contributed by atoms with Gasteiger partial charge in [-0.25, -0.2) is 9.37 Å². The largest absolute Gasteiger partial charge is 0.298 e. The van der Waals surface area contributed by atoms with Crippen LogP contribution in [0.25, 0.3) is 5.69 Å². The van der Waals surface area contributed by atoms with Crippen molar-refractivity contribution < 1.29 is 9.31 Å². The summed E-state index contributed by atoms with van der Waals surface area (Å²) in [6, 6.07) is 2.25. The molecule has 0 saturated carbocycles. The number of aryl methyl sites for hydroxylation is 1. The summed E-state index contributed by atoms with van der Waals surface area (Å²) < 4.78 is 15.0. The fraction of sp³-hybridized carbons (Fsp3) is 0.100. The van der Waals surface area contributed by atoms with Crippen molar-refractivity contribution in [1.29, 1.82) is 0 Å². The van der Waals surface area contributed by atoms with Crippen LogP contribution in [0, 0.1) is 22.9 Å². The second kappa shape index (κ2) is 4.25. The second-order valence-electron chi connectivity index (χ2n) is 3.36. The van der Waals surface area contributed by atoms with E-state index >= 15 is 0 Å². The van der Waals surface area contributed by atoms with Gasteiger partial charge in [-0.1, -0.05) is 0 Å². The number of nitrogens with zero attached hydrogens (tertiary/aromatic N) is 3. The van der Waals surface area contributed by atoms with Gasteiger partial charge in [0.2, 0.25) is 0 Å². The first kappa shape index (κ1) is 11.7. The Hall–Kier alpha value is -1.76. The molecular formula is C10H7BrFN3O2. The molecule has 0 N–H and O–H groups in total. The molecule has 0 bridgehead atoms. The molecule has 0 aliphatic rings. The van der Waals surface area contributed by atoms with E-state index in [-0.39, 0.29) is 15.8 Å². The molecule has 0 saturated heterocycles. The van der Waals surface area contributed by atoms with Crippen LogP contribution >= 0.6 is 15.9 Å². The monoisotopic (exact) mass is 299 g/mol.